The van der Waals surface area contributed by atoms with E-state index in [2.05, 4.69) is 4.98 Å². The van der Waals surface area contributed by atoms with E-state index in [-0.39, 0.29) is 16.7 Å². The Morgan fingerprint density at radius 1 is 1.14 bits per heavy atom. The fourth-order valence-corrected chi connectivity index (χ4v) is 4.62. The number of rotatable bonds is 4. The van der Waals surface area contributed by atoms with Gasteiger partial charge in [0, 0.05) is 38.7 Å². The third kappa shape index (κ3) is 3.77. The zero-order valence-electron chi connectivity index (χ0n) is 16.5. The molecule has 0 saturated carbocycles. The summed E-state index contributed by atoms with van der Waals surface area (Å²) in [5.41, 5.74) is 2.43. The number of piperidine rings is 1. The highest BCUT2D eigenvalue weighted by molar-refractivity contribution is 7.89. The molecule has 3 aromatic rings. The summed E-state index contributed by atoms with van der Waals surface area (Å²) in [6, 6.07) is 14.1. The third-order valence-corrected chi connectivity index (χ3v) is 7.21. The van der Waals surface area contributed by atoms with Gasteiger partial charge in [0.1, 0.15) is 5.82 Å². The second-order valence-electron chi connectivity index (χ2n) is 7.54. The topological polar surface area (TPSA) is 86.4 Å². The first-order valence-corrected chi connectivity index (χ1v) is 11.1. The van der Waals surface area contributed by atoms with Crippen LogP contribution in [-0.2, 0) is 10.0 Å². The van der Waals surface area contributed by atoms with Crippen LogP contribution in [0, 0.1) is 0 Å². The minimum absolute atomic E-state index is 0.0837. The number of nitrogens with one attached hydrogen (secondary N) is 1. The molecule has 1 saturated heterocycles. The standard InChI is InChI=1S/C21H24N4O3S/c1-24(2)29(27,28)17-11-9-15(10-12-17)21(26)25-13-5-6-16(14-25)20-22-18-7-3-4-8-19(18)23-20/h3-4,7-12,16H,5-6,13-14H2,1-2H3,(H,22,23)/t16-/m1/s1. The first-order valence-electron chi connectivity index (χ1n) is 9.63. The van der Waals surface area contributed by atoms with Crippen molar-refractivity contribution in [2.75, 3.05) is 27.2 Å². The maximum Gasteiger partial charge on any atom is 0.253 e. The SMILES string of the molecule is CN(C)S(=O)(=O)c1ccc(C(=O)N2CCC[C@@H](c3nc4ccccc4[nH]3)C2)cc1. The summed E-state index contributed by atoms with van der Waals surface area (Å²) >= 11 is 0. The number of carbonyl (C=O) groups is 1. The van der Waals surface area contributed by atoms with Gasteiger partial charge in [-0.25, -0.2) is 17.7 Å². The Morgan fingerprint density at radius 2 is 1.86 bits per heavy atom. The number of likely N-dealkylation sites (tertiary alicyclic amines) is 1. The maximum atomic E-state index is 13.0. The van der Waals surface area contributed by atoms with Crippen LogP contribution in [0.2, 0.25) is 0 Å². The lowest BCUT2D eigenvalue weighted by molar-refractivity contribution is 0.0705. The molecule has 1 N–H and O–H groups in total. The maximum absolute atomic E-state index is 13.0. The van der Waals surface area contributed by atoms with Crippen LogP contribution in [0.1, 0.15) is 34.9 Å². The molecule has 29 heavy (non-hydrogen) atoms. The second-order valence-corrected chi connectivity index (χ2v) is 9.69. The van der Waals surface area contributed by atoms with E-state index in [1.54, 1.807) is 12.1 Å². The number of aromatic nitrogens is 2. The molecule has 1 atom stereocenters. The van der Waals surface area contributed by atoms with Gasteiger partial charge in [-0.2, -0.15) is 0 Å². The van der Waals surface area contributed by atoms with Gasteiger partial charge in [-0.15, -0.1) is 0 Å². The zero-order valence-corrected chi connectivity index (χ0v) is 17.3. The number of nitrogens with zero attached hydrogens (tertiary/aromatic N) is 3. The molecule has 1 aliphatic heterocycles. The minimum Gasteiger partial charge on any atom is -0.342 e. The average Bonchev–Trinajstić information content (AvgIpc) is 3.18. The number of hydrogen-bond donors (Lipinski definition) is 1. The van der Waals surface area contributed by atoms with Gasteiger partial charge in [0.25, 0.3) is 5.91 Å². The van der Waals surface area contributed by atoms with Crippen molar-refractivity contribution < 1.29 is 13.2 Å². The molecule has 2 aromatic carbocycles. The van der Waals surface area contributed by atoms with E-state index in [0.717, 1.165) is 34.0 Å². The highest BCUT2D eigenvalue weighted by atomic mass is 32.2. The molecule has 0 bridgehead atoms. The summed E-state index contributed by atoms with van der Waals surface area (Å²) in [5.74, 6) is 0.990. The summed E-state index contributed by atoms with van der Waals surface area (Å²) < 4.78 is 25.6. The Balaban J connectivity index is 1.51. The van der Waals surface area contributed by atoms with Crippen molar-refractivity contribution in [3.05, 3.63) is 59.9 Å². The number of amides is 1. The number of benzene rings is 2. The van der Waals surface area contributed by atoms with Gasteiger partial charge in [-0.1, -0.05) is 12.1 Å². The van der Waals surface area contributed by atoms with E-state index < -0.39 is 10.0 Å². The molecule has 7 nitrogen and oxygen atoms in total. The summed E-state index contributed by atoms with van der Waals surface area (Å²) in [4.78, 5) is 23.1. The molecule has 0 spiro atoms. The number of fused-ring (bicyclic) bond motifs is 1. The van der Waals surface area contributed by atoms with Crippen molar-refractivity contribution in [2.24, 2.45) is 0 Å². The van der Waals surface area contributed by atoms with Crippen LogP contribution in [0.3, 0.4) is 0 Å². The molecule has 0 radical (unpaired) electrons. The van der Waals surface area contributed by atoms with Gasteiger partial charge in [0.05, 0.1) is 15.9 Å². The van der Waals surface area contributed by atoms with E-state index in [9.17, 15) is 13.2 Å². The molecule has 1 aromatic heterocycles. The molecule has 1 aliphatic rings. The van der Waals surface area contributed by atoms with Gasteiger partial charge in [-0.3, -0.25) is 4.79 Å². The highest BCUT2D eigenvalue weighted by Crippen LogP contribution is 2.28. The number of sulfonamides is 1. The lowest BCUT2D eigenvalue weighted by Crippen LogP contribution is -2.39. The number of imidazole rings is 1. The zero-order chi connectivity index (χ0) is 20.6. The van der Waals surface area contributed by atoms with Crippen LogP contribution in [0.4, 0.5) is 0 Å². The third-order valence-electron chi connectivity index (χ3n) is 5.38. The monoisotopic (exact) mass is 412 g/mol. The highest BCUT2D eigenvalue weighted by Gasteiger charge is 2.28. The predicted octanol–water partition coefficient (Wildman–Crippen LogP) is 2.83. The minimum atomic E-state index is -3.51. The lowest BCUT2D eigenvalue weighted by atomic mass is 9.96. The summed E-state index contributed by atoms with van der Waals surface area (Å²) in [6.45, 7) is 1.28. The van der Waals surface area contributed by atoms with Crippen molar-refractivity contribution in [1.29, 1.82) is 0 Å². The van der Waals surface area contributed by atoms with Gasteiger partial charge < -0.3 is 9.88 Å². The predicted molar refractivity (Wildman–Crippen MR) is 111 cm³/mol. The van der Waals surface area contributed by atoms with E-state index in [4.69, 9.17) is 4.98 Å². The first-order chi connectivity index (χ1) is 13.9. The van der Waals surface area contributed by atoms with Crippen LogP contribution in [0.25, 0.3) is 11.0 Å². The number of H-pyrrole nitrogens is 1. The fourth-order valence-electron chi connectivity index (χ4n) is 3.71. The number of hydrogen-bond acceptors (Lipinski definition) is 4. The number of para-hydroxylation sites is 2. The van der Waals surface area contributed by atoms with E-state index in [1.807, 2.05) is 29.2 Å². The fraction of sp³-hybridized carbons (Fsp3) is 0.333. The van der Waals surface area contributed by atoms with Crippen LogP contribution in [0.15, 0.2) is 53.4 Å². The Bertz CT molecular complexity index is 1100. The molecule has 0 unspecified atom stereocenters. The number of carbonyl (C=O) groups excluding carboxylic acids is 1. The normalized spacial score (nSPS) is 17.8. The summed E-state index contributed by atoms with van der Waals surface area (Å²) in [6.07, 6.45) is 1.88. The molecule has 152 valence electrons. The van der Waals surface area contributed by atoms with Gasteiger partial charge >= 0.3 is 0 Å². The first kappa shape index (κ1) is 19.6. The Kier molecular flexibility index (Phi) is 5.14. The van der Waals surface area contributed by atoms with E-state index in [1.165, 1.54) is 26.2 Å². The largest absolute Gasteiger partial charge is 0.342 e. The van der Waals surface area contributed by atoms with Crippen molar-refractivity contribution in [3.63, 3.8) is 0 Å². The number of aromatic amines is 1. The smallest absolute Gasteiger partial charge is 0.253 e. The molecule has 1 fully saturated rings. The van der Waals surface area contributed by atoms with Gasteiger partial charge in [0.2, 0.25) is 10.0 Å². The van der Waals surface area contributed by atoms with Crippen LogP contribution in [-0.4, -0.2) is 60.7 Å². The van der Waals surface area contributed by atoms with E-state index >= 15 is 0 Å². The van der Waals surface area contributed by atoms with Crippen molar-refractivity contribution >= 4 is 27.0 Å². The quantitative estimate of drug-likeness (QED) is 0.714. The summed E-state index contributed by atoms with van der Waals surface area (Å²) in [5, 5.41) is 0. The molecule has 4 rings (SSSR count). The molecular formula is C21H24N4O3S. The average molecular weight is 413 g/mol. The Hall–Kier alpha value is -2.71. The van der Waals surface area contributed by atoms with Crippen molar-refractivity contribution in [2.45, 2.75) is 23.7 Å². The van der Waals surface area contributed by atoms with Gasteiger partial charge in [0.15, 0.2) is 0 Å². The molecule has 1 amide bonds. The molecule has 0 aliphatic carbocycles. The summed E-state index contributed by atoms with van der Waals surface area (Å²) in [7, 11) is -0.533. The van der Waals surface area contributed by atoms with Crippen molar-refractivity contribution in [3.8, 4) is 0 Å². The second kappa shape index (κ2) is 7.61. The van der Waals surface area contributed by atoms with E-state index in [0.29, 0.717) is 18.7 Å². The van der Waals surface area contributed by atoms with Gasteiger partial charge in [-0.05, 0) is 49.2 Å². The Morgan fingerprint density at radius 3 is 2.55 bits per heavy atom. The Labute approximate surface area is 170 Å². The van der Waals surface area contributed by atoms with Crippen LogP contribution >= 0.6 is 0 Å². The molecule has 2 heterocycles. The van der Waals surface area contributed by atoms with Crippen LogP contribution in [0.5, 0.6) is 0 Å². The lowest BCUT2D eigenvalue weighted by Gasteiger charge is -2.32. The van der Waals surface area contributed by atoms with Crippen LogP contribution < -0.4 is 0 Å². The molecule has 8 heteroatoms. The molecular weight excluding hydrogens is 388 g/mol. The van der Waals surface area contributed by atoms with Crippen molar-refractivity contribution in [1.82, 2.24) is 19.2 Å².